The Kier molecular flexibility index (Phi) is 7.93. The van der Waals surface area contributed by atoms with E-state index in [9.17, 15) is 9.50 Å². The number of ether oxygens (including phenoxy) is 1. The van der Waals surface area contributed by atoms with Gasteiger partial charge >= 0.3 is 0 Å². The molecule has 0 aliphatic heterocycles. The first-order valence-electron chi connectivity index (χ1n) is 12.9. The van der Waals surface area contributed by atoms with E-state index in [2.05, 4.69) is 69.3 Å². The highest BCUT2D eigenvalue weighted by Crippen LogP contribution is 2.39. The number of aliphatic hydroxyl groups is 1. The molecule has 0 unspecified atom stereocenters. The van der Waals surface area contributed by atoms with E-state index >= 15 is 0 Å². The quantitative estimate of drug-likeness (QED) is 0.256. The molecule has 198 valence electrons. The summed E-state index contributed by atoms with van der Waals surface area (Å²) in [5.74, 6) is 0.190. The van der Waals surface area contributed by atoms with E-state index in [1.807, 2.05) is 30.3 Å². The van der Waals surface area contributed by atoms with E-state index in [0.29, 0.717) is 29.0 Å². The lowest BCUT2D eigenvalue weighted by Crippen LogP contribution is -2.66. The molecule has 0 aliphatic carbocycles. The molecule has 0 heterocycles. The normalized spacial score (nSPS) is 12.4. The van der Waals surface area contributed by atoms with Crippen LogP contribution in [0.4, 0.5) is 4.39 Å². The zero-order chi connectivity index (χ0) is 27.6. The van der Waals surface area contributed by atoms with Gasteiger partial charge in [-0.1, -0.05) is 99.6 Å². The van der Waals surface area contributed by atoms with Gasteiger partial charge in [0.05, 0.1) is 19.3 Å². The van der Waals surface area contributed by atoms with Gasteiger partial charge in [-0.25, -0.2) is 4.39 Å². The summed E-state index contributed by atoms with van der Waals surface area (Å²) in [7, 11) is -1.18. The second kappa shape index (κ2) is 10.9. The van der Waals surface area contributed by atoms with Gasteiger partial charge < -0.3 is 14.3 Å². The first kappa shape index (κ1) is 27.8. The summed E-state index contributed by atoms with van der Waals surface area (Å²) in [6.07, 6.45) is 0. The standard InChI is InChI=1S/C33H37FO3Si/c1-32(2,3)38(26-13-9-7-10-14-26,27-15-11-8-12-16-27)37-23-24-17-19-28(30(21-24)33(4,5)35)29-22-25(36-6)18-20-31(29)34/h7-22,35H,23H2,1-6H3. The minimum atomic E-state index is -2.73. The molecule has 0 aliphatic rings. The summed E-state index contributed by atoms with van der Waals surface area (Å²) in [6, 6.07) is 31.4. The van der Waals surface area contributed by atoms with Gasteiger partial charge in [0.1, 0.15) is 11.6 Å². The molecule has 0 amide bonds. The van der Waals surface area contributed by atoms with Gasteiger partial charge in [-0.15, -0.1) is 0 Å². The number of hydrogen-bond donors (Lipinski definition) is 1. The lowest BCUT2D eigenvalue weighted by Gasteiger charge is -2.43. The van der Waals surface area contributed by atoms with Gasteiger partial charge in [-0.3, -0.25) is 0 Å². The molecule has 4 aromatic carbocycles. The molecule has 0 spiro atoms. The Hall–Kier alpha value is -3.25. The Morgan fingerprint density at radius 3 is 1.82 bits per heavy atom. The van der Waals surface area contributed by atoms with Gasteiger partial charge in [0.15, 0.2) is 0 Å². The monoisotopic (exact) mass is 528 g/mol. The summed E-state index contributed by atoms with van der Waals surface area (Å²) in [4.78, 5) is 0. The van der Waals surface area contributed by atoms with Crippen LogP contribution in [0.5, 0.6) is 5.75 Å². The number of benzene rings is 4. The molecule has 0 saturated heterocycles. The summed E-state index contributed by atoms with van der Waals surface area (Å²) < 4.78 is 27.3. The number of hydrogen-bond acceptors (Lipinski definition) is 3. The van der Waals surface area contributed by atoms with Crippen LogP contribution in [0.15, 0.2) is 97.1 Å². The number of methoxy groups -OCH3 is 1. The molecular formula is C33H37FO3Si. The number of halogens is 1. The summed E-state index contributed by atoms with van der Waals surface area (Å²) in [5, 5.41) is 13.4. The Bertz CT molecular complexity index is 1330. The van der Waals surface area contributed by atoms with Crippen LogP contribution in [0, 0.1) is 5.82 Å². The van der Waals surface area contributed by atoms with Gasteiger partial charge in [0.2, 0.25) is 0 Å². The zero-order valence-electron chi connectivity index (χ0n) is 23.1. The second-order valence-corrected chi connectivity index (χ2v) is 15.5. The first-order valence-corrected chi connectivity index (χ1v) is 14.8. The van der Waals surface area contributed by atoms with Crippen molar-refractivity contribution in [2.75, 3.05) is 7.11 Å². The Labute approximate surface area is 227 Å². The third-order valence-corrected chi connectivity index (χ3v) is 12.1. The van der Waals surface area contributed by atoms with Gasteiger partial charge in [0, 0.05) is 5.56 Å². The fraction of sp³-hybridized carbons (Fsp3) is 0.273. The molecular weight excluding hydrogens is 491 g/mol. The molecule has 0 atom stereocenters. The topological polar surface area (TPSA) is 38.7 Å². The molecule has 5 heteroatoms. The van der Waals surface area contributed by atoms with E-state index in [0.717, 1.165) is 5.56 Å². The van der Waals surface area contributed by atoms with Crippen LogP contribution in [0.2, 0.25) is 5.04 Å². The Balaban J connectivity index is 1.81. The largest absolute Gasteiger partial charge is 0.497 e. The highest BCUT2D eigenvalue weighted by molar-refractivity contribution is 6.99. The fourth-order valence-electron chi connectivity index (χ4n) is 5.21. The van der Waals surface area contributed by atoms with Crippen molar-refractivity contribution in [3.63, 3.8) is 0 Å². The Morgan fingerprint density at radius 2 is 1.32 bits per heavy atom. The lowest BCUT2D eigenvalue weighted by atomic mass is 9.88. The SMILES string of the molecule is COc1ccc(F)c(-c2ccc(CO[Si](c3ccccc3)(c3ccccc3)C(C)(C)C)cc2C(C)(C)O)c1. The van der Waals surface area contributed by atoms with Crippen LogP contribution in [0.25, 0.3) is 11.1 Å². The molecule has 1 N–H and O–H groups in total. The van der Waals surface area contributed by atoms with E-state index in [-0.39, 0.29) is 10.9 Å². The fourth-order valence-corrected chi connectivity index (χ4v) is 9.75. The van der Waals surface area contributed by atoms with E-state index in [1.54, 1.807) is 33.1 Å². The summed E-state index contributed by atoms with van der Waals surface area (Å²) in [6.45, 7) is 10.5. The lowest BCUT2D eigenvalue weighted by molar-refractivity contribution is 0.0790. The predicted octanol–water partition coefficient (Wildman–Crippen LogP) is 6.81. The minimum Gasteiger partial charge on any atom is -0.497 e. The van der Waals surface area contributed by atoms with Crippen molar-refractivity contribution < 1.29 is 18.7 Å². The second-order valence-electron chi connectivity index (χ2n) is 11.2. The minimum absolute atomic E-state index is 0.154. The molecule has 4 rings (SSSR count). The van der Waals surface area contributed by atoms with E-state index < -0.39 is 13.9 Å². The molecule has 0 radical (unpaired) electrons. The van der Waals surface area contributed by atoms with E-state index in [4.69, 9.17) is 9.16 Å². The zero-order valence-corrected chi connectivity index (χ0v) is 24.1. The average molecular weight is 529 g/mol. The third-order valence-electron chi connectivity index (χ3n) is 7.08. The molecule has 3 nitrogen and oxygen atoms in total. The molecule has 0 saturated carbocycles. The van der Waals surface area contributed by atoms with Crippen LogP contribution in [-0.2, 0) is 16.6 Å². The smallest absolute Gasteiger partial charge is 0.261 e. The van der Waals surface area contributed by atoms with Crippen molar-refractivity contribution in [1.29, 1.82) is 0 Å². The molecule has 4 aromatic rings. The first-order chi connectivity index (χ1) is 18.0. The molecule has 38 heavy (non-hydrogen) atoms. The van der Waals surface area contributed by atoms with Crippen molar-refractivity contribution in [2.24, 2.45) is 0 Å². The molecule has 0 fully saturated rings. The molecule has 0 aromatic heterocycles. The van der Waals surface area contributed by atoms with Gasteiger partial charge in [-0.2, -0.15) is 0 Å². The highest BCUT2D eigenvalue weighted by atomic mass is 28.4. The summed E-state index contributed by atoms with van der Waals surface area (Å²) in [5.41, 5.74) is 1.37. The Morgan fingerprint density at radius 1 is 0.737 bits per heavy atom. The molecule has 0 bridgehead atoms. The van der Waals surface area contributed by atoms with Crippen molar-refractivity contribution in [3.8, 4) is 16.9 Å². The maximum atomic E-state index is 14.9. The average Bonchev–Trinajstić information content (AvgIpc) is 2.89. The van der Waals surface area contributed by atoms with Crippen LogP contribution < -0.4 is 15.1 Å². The number of rotatable bonds is 8. The van der Waals surface area contributed by atoms with Crippen molar-refractivity contribution >= 4 is 18.7 Å². The predicted molar refractivity (Wildman–Crippen MR) is 156 cm³/mol. The maximum Gasteiger partial charge on any atom is 0.261 e. The van der Waals surface area contributed by atoms with Crippen molar-refractivity contribution in [3.05, 3.63) is 114 Å². The van der Waals surface area contributed by atoms with Crippen LogP contribution in [-0.4, -0.2) is 20.5 Å². The van der Waals surface area contributed by atoms with Crippen LogP contribution >= 0.6 is 0 Å². The maximum absolute atomic E-state index is 14.9. The van der Waals surface area contributed by atoms with Crippen LogP contribution in [0.3, 0.4) is 0 Å². The van der Waals surface area contributed by atoms with Crippen molar-refractivity contribution in [2.45, 2.75) is 51.9 Å². The van der Waals surface area contributed by atoms with Gasteiger partial charge in [0.25, 0.3) is 8.32 Å². The van der Waals surface area contributed by atoms with Gasteiger partial charge in [-0.05, 0) is 64.1 Å². The highest BCUT2D eigenvalue weighted by Gasteiger charge is 2.50. The van der Waals surface area contributed by atoms with Crippen molar-refractivity contribution in [1.82, 2.24) is 0 Å². The summed E-state index contributed by atoms with van der Waals surface area (Å²) >= 11 is 0. The van der Waals surface area contributed by atoms with Crippen LogP contribution in [0.1, 0.15) is 45.7 Å². The third kappa shape index (κ3) is 5.46. The van der Waals surface area contributed by atoms with E-state index in [1.165, 1.54) is 16.4 Å².